The van der Waals surface area contributed by atoms with Gasteiger partial charge in [0.1, 0.15) is 0 Å². The highest BCUT2D eigenvalue weighted by Crippen LogP contribution is 2.36. The van der Waals surface area contributed by atoms with E-state index in [1.807, 2.05) is 0 Å². The average molecular weight is 389 g/mol. The highest BCUT2D eigenvalue weighted by atomic mass is 79.9. The first-order valence-corrected chi connectivity index (χ1v) is 7.41. The van der Waals surface area contributed by atoms with Crippen molar-refractivity contribution in [1.29, 1.82) is 0 Å². The summed E-state index contributed by atoms with van der Waals surface area (Å²) in [4.78, 5) is 34.0. The van der Waals surface area contributed by atoms with Crippen molar-refractivity contribution in [2.45, 2.75) is 13.8 Å². The molecule has 1 rings (SSSR count). The molecule has 0 saturated heterocycles. The number of nitrogens with one attached hydrogen (secondary N) is 2. The molecule has 0 heterocycles. The number of hydrazine groups is 1. The topological polar surface area (TPSA) is 103 Å². The van der Waals surface area contributed by atoms with Gasteiger partial charge in [-0.15, -0.1) is 0 Å². The lowest BCUT2D eigenvalue weighted by Crippen LogP contribution is -2.42. The molecule has 0 bridgehead atoms. The van der Waals surface area contributed by atoms with Crippen molar-refractivity contribution in [3.8, 4) is 11.5 Å². The van der Waals surface area contributed by atoms with Crippen LogP contribution in [0.2, 0.25) is 0 Å². The van der Waals surface area contributed by atoms with Crippen molar-refractivity contribution in [2.24, 2.45) is 0 Å². The van der Waals surface area contributed by atoms with Gasteiger partial charge in [-0.05, 0) is 35.0 Å². The van der Waals surface area contributed by atoms with Gasteiger partial charge in [-0.1, -0.05) is 0 Å². The Bertz CT molecular complexity index is 605. The number of hydrogen-bond acceptors (Lipinski definition) is 6. The third-order valence-electron chi connectivity index (χ3n) is 2.46. The average Bonchev–Trinajstić information content (AvgIpc) is 2.50. The fraction of sp³-hybridized carbons (Fsp3) is 0.357. The number of benzene rings is 1. The van der Waals surface area contributed by atoms with Crippen LogP contribution in [0.4, 0.5) is 0 Å². The molecule has 0 atom stereocenters. The lowest BCUT2D eigenvalue weighted by Gasteiger charge is -2.13. The zero-order valence-corrected chi connectivity index (χ0v) is 14.5. The Morgan fingerprint density at radius 2 is 1.91 bits per heavy atom. The van der Waals surface area contributed by atoms with Crippen LogP contribution in [0.15, 0.2) is 16.6 Å². The van der Waals surface area contributed by atoms with E-state index in [1.54, 1.807) is 6.92 Å². The second-order valence-corrected chi connectivity index (χ2v) is 5.08. The maximum Gasteiger partial charge on any atom is 0.338 e. The molecule has 0 fully saturated rings. The second-order valence-electron chi connectivity index (χ2n) is 4.23. The molecular formula is C14H17BrN2O6. The van der Waals surface area contributed by atoms with Gasteiger partial charge in [0.2, 0.25) is 5.91 Å². The van der Waals surface area contributed by atoms with Crippen LogP contribution in [0.3, 0.4) is 0 Å². The largest absolute Gasteiger partial charge is 0.492 e. The van der Waals surface area contributed by atoms with Gasteiger partial charge in [0.25, 0.3) is 5.91 Å². The Balaban J connectivity index is 2.76. The van der Waals surface area contributed by atoms with E-state index in [1.165, 1.54) is 26.2 Å². The quantitative estimate of drug-likeness (QED) is 0.560. The number of amides is 2. The van der Waals surface area contributed by atoms with Gasteiger partial charge in [0, 0.05) is 6.92 Å². The fourth-order valence-corrected chi connectivity index (χ4v) is 2.16. The summed E-state index contributed by atoms with van der Waals surface area (Å²) >= 11 is 3.28. The van der Waals surface area contributed by atoms with Gasteiger partial charge in [-0.3, -0.25) is 20.4 Å². The van der Waals surface area contributed by atoms with Crippen molar-refractivity contribution in [3.05, 3.63) is 22.2 Å². The summed E-state index contributed by atoms with van der Waals surface area (Å²) in [7, 11) is 1.48. The smallest absolute Gasteiger partial charge is 0.338 e. The molecule has 23 heavy (non-hydrogen) atoms. The van der Waals surface area contributed by atoms with E-state index in [0.717, 1.165) is 0 Å². The Morgan fingerprint density at radius 3 is 2.48 bits per heavy atom. The van der Waals surface area contributed by atoms with Crippen LogP contribution in [0, 0.1) is 0 Å². The van der Waals surface area contributed by atoms with Crippen molar-refractivity contribution >= 4 is 33.7 Å². The summed E-state index contributed by atoms with van der Waals surface area (Å²) in [5, 5.41) is 0. The van der Waals surface area contributed by atoms with Gasteiger partial charge in [0.15, 0.2) is 18.1 Å². The molecule has 0 aliphatic rings. The molecule has 0 spiro atoms. The first-order valence-electron chi connectivity index (χ1n) is 6.61. The first-order chi connectivity index (χ1) is 10.9. The maximum absolute atomic E-state index is 12.0. The van der Waals surface area contributed by atoms with Crippen molar-refractivity contribution < 1.29 is 28.6 Å². The van der Waals surface area contributed by atoms with Crippen LogP contribution in [-0.2, 0) is 14.3 Å². The molecule has 2 amide bonds. The predicted octanol–water partition coefficient (Wildman–Crippen LogP) is 1.18. The summed E-state index contributed by atoms with van der Waals surface area (Å²) in [5.41, 5.74) is 4.35. The zero-order valence-electron chi connectivity index (χ0n) is 12.9. The number of methoxy groups -OCH3 is 1. The molecule has 0 unspecified atom stereocenters. The van der Waals surface area contributed by atoms with Crippen molar-refractivity contribution in [1.82, 2.24) is 10.9 Å². The van der Waals surface area contributed by atoms with E-state index in [9.17, 15) is 14.4 Å². The first kappa shape index (κ1) is 18.8. The molecule has 0 aliphatic carbocycles. The SMILES string of the molecule is CCOc1cc(C(=O)OCC(=O)NNC(C)=O)cc(Br)c1OC. The number of esters is 1. The minimum absolute atomic E-state index is 0.188. The van der Waals surface area contributed by atoms with Crippen LogP contribution in [0.25, 0.3) is 0 Å². The van der Waals surface area contributed by atoms with Crippen LogP contribution in [0.1, 0.15) is 24.2 Å². The van der Waals surface area contributed by atoms with E-state index in [2.05, 4.69) is 26.8 Å². The number of carbonyl (C=O) groups is 3. The van der Waals surface area contributed by atoms with Crippen LogP contribution in [0.5, 0.6) is 11.5 Å². The highest BCUT2D eigenvalue weighted by molar-refractivity contribution is 9.10. The molecule has 1 aromatic rings. The van der Waals surface area contributed by atoms with E-state index >= 15 is 0 Å². The Kier molecular flexibility index (Phi) is 7.33. The summed E-state index contributed by atoms with van der Waals surface area (Å²) in [6.07, 6.45) is 0. The molecule has 0 radical (unpaired) electrons. The van der Waals surface area contributed by atoms with Gasteiger partial charge >= 0.3 is 5.97 Å². The number of carbonyl (C=O) groups excluding carboxylic acids is 3. The monoisotopic (exact) mass is 388 g/mol. The molecule has 8 nitrogen and oxygen atoms in total. The molecule has 0 aromatic heterocycles. The normalized spacial score (nSPS) is 9.74. The molecule has 1 aromatic carbocycles. The standard InChI is InChI=1S/C14H17BrN2O6/c1-4-22-11-6-9(5-10(15)13(11)21-3)14(20)23-7-12(19)17-16-8(2)18/h5-6H,4,7H2,1-3H3,(H,16,18)(H,17,19). The molecular weight excluding hydrogens is 372 g/mol. The summed E-state index contributed by atoms with van der Waals surface area (Å²) in [6.45, 7) is 2.88. The van der Waals surface area contributed by atoms with Gasteiger partial charge in [-0.25, -0.2) is 4.79 Å². The second kappa shape index (κ2) is 8.99. The summed E-state index contributed by atoms with van der Waals surface area (Å²) in [5.74, 6) is -0.991. The fourth-order valence-electron chi connectivity index (χ4n) is 1.56. The lowest BCUT2D eigenvalue weighted by molar-refractivity contribution is -0.129. The molecule has 2 N–H and O–H groups in total. The third-order valence-corrected chi connectivity index (χ3v) is 3.05. The Morgan fingerprint density at radius 1 is 1.22 bits per heavy atom. The van der Waals surface area contributed by atoms with Crippen LogP contribution in [-0.4, -0.2) is 38.1 Å². The molecule has 0 aliphatic heterocycles. The summed E-state index contributed by atoms with van der Waals surface area (Å²) in [6, 6.07) is 2.95. The Labute approximate surface area is 141 Å². The number of hydrogen-bond donors (Lipinski definition) is 2. The van der Waals surface area contributed by atoms with E-state index in [-0.39, 0.29) is 5.56 Å². The van der Waals surface area contributed by atoms with E-state index in [4.69, 9.17) is 14.2 Å². The summed E-state index contributed by atoms with van der Waals surface area (Å²) < 4.78 is 16.0. The molecule has 0 saturated carbocycles. The number of halogens is 1. The minimum atomic E-state index is -0.715. The predicted molar refractivity (Wildman–Crippen MR) is 84.1 cm³/mol. The maximum atomic E-state index is 12.0. The number of rotatable bonds is 6. The van der Waals surface area contributed by atoms with Crippen LogP contribution < -0.4 is 20.3 Å². The van der Waals surface area contributed by atoms with Gasteiger partial charge in [0.05, 0.1) is 23.8 Å². The van der Waals surface area contributed by atoms with E-state index < -0.39 is 24.4 Å². The molecule has 126 valence electrons. The van der Waals surface area contributed by atoms with Gasteiger partial charge in [-0.2, -0.15) is 0 Å². The zero-order chi connectivity index (χ0) is 17.4. The lowest BCUT2D eigenvalue weighted by atomic mass is 10.2. The van der Waals surface area contributed by atoms with Gasteiger partial charge < -0.3 is 14.2 Å². The third kappa shape index (κ3) is 5.78. The van der Waals surface area contributed by atoms with Crippen LogP contribution >= 0.6 is 15.9 Å². The minimum Gasteiger partial charge on any atom is -0.492 e. The molecule has 9 heteroatoms. The van der Waals surface area contributed by atoms with E-state index in [0.29, 0.717) is 22.6 Å². The number of ether oxygens (including phenoxy) is 3. The van der Waals surface area contributed by atoms with Crippen molar-refractivity contribution in [2.75, 3.05) is 20.3 Å². The van der Waals surface area contributed by atoms with Crippen molar-refractivity contribution in [3.63, 3.8) is 0 Å². The Hall–Kier alpha value is -2.29. The highest BCUT2D eigenvalue weighted by Gasteiger charge is 2.17.